The number of aryl methyl sites for hydroxylation is 2. The van der Waals surface area contributed by atoms with Gasteiger partial charge in [-0.15, -0.1) is 0 Å². The molecule has 2 aromatic heterocycles. The van der Waals surface area contributed by atoms with Crippen LogP contribution in [0.1, 0.15) is 17.0 Å². The summed E-state index contributed by atoms with van der Waals surface area (Å²) >= 11 is 0. The molecular formula is C12H14N4. The van der Waals surface area contributed by atoms with Crippen molar-refractivity contribution in [2.45, 2.75) is 20.8 Å². The van der Waals surface area contributed by atoms with Gasteiger partial charge in [0.15, 0.2) is 0 Å². The summed E-state index contributed by atoms with van der Waals surface area (Å²) in [6, 6.07) is 1.96. The summed E-state index contributed by atoms with van der Waals surface area (Å²) in [5, 5.41) is 0. The number of aromatic nitrogens is 3. The SMILES string of the molecule is Cc1nc(N)c(C)c(-c2cnccc2C)n1. The summed E-state index contributed by atoms with van der Waals surface area (Å²) in [5.41, 5.74) is 9.76. The van der Waals surface area contributed by atoms with E-state index in [1.54, 1.807) is 6.20 Å². The van der Waals surface area contributed by atoms with E-state index in [0.29, 0.717) is 11.6 Å². The van der Waals surface area contributed by atoms with Crippen LogP contribution in [0.2, 0.25) is 0 Å². The molecule has 2 N–H and O–H groups in total. The lowest BCUT2D eigenvalue weighted by molar-refractivity contribution is 1.04. The number of hydrogen-bond acceptors (Lipinski definition) is 4. The first-order valence-corrected chi connectivity index (χ1v) is 5.11. The van der Waals surface area contributed by atoms with Crippen LogP contribution in [-0.4, -0.2) is 15.0 Å². The van der Waals surface area contributed by atoms with Crippen LogP contribution in [0.5, 0.6) is 0 Å². The average Bonchev–Trinajstić information content (AvgIpc) is 2.24. The smallest absolute Gasteiger partial charge is 0.130 e. The fraction of sp³-hybridized carbons (Fsp3) is 0.250. The largest absolute Gasteiger partial charge is 0.383 e. The average molecular weight is 214 g/mol. The minimum absolute atomic E-state index is 0.533. The molecule has 0 aliphatic heterocycles. The maximum Gasteiger partial charge on any atom is 0.130 e. The lowest BCUT2D eigenvalue weighted by Gasteiger charge is -2.10. The lowest BCUT2D eigenvalue weighted by Crippen LogP contribution is -2.02. The van der Waals surface area contributed by atoms with Crippen molar-refractivity contribution < 1.29 is 0 Å². The van der Waals surface area contributed by atoms with Crippen LogP contribution >= 0.6 is 0 Å². The van der Waals surface area contributed by atoms with Crippen LogP contribution in [0, 0.1) is 20.8 Å². The molecule has 0 fully saturated rings. The van der Waals surface area contributed by atoms with E-state index in [2.05, 4.69) is 15.0 Å². The van der Waals surface area contributed by atoms with Crippen LogP contribution in [0.15, 0.2) is 18.5 Å². The van der Waals surface area contributed by atoms with E-state index in [4.69, 9.17) is 5.73 Å². The van der Waals surface area contributed by atoms with Crippen molar-refractivity contribution in [3.05, 3.63) is 35.4 Å². The zero-order chi connectivity index (χ0) is 11.7. The van der Waals surface area contributed by atoms with E-state index < -0.39 is 0 Å². The summed E-state index contributed by atoms with van der Waals surface area (Å²) < 4.78 is 0. The van der Waals surface area contributed by atoms with Gasteiger partial charge in [0.25, 0.3) is 0 Å². The fourth-order valence-electron chi connectivity index (χ4n) is 1.62. The number of nitrogens with zero attached hydrogens (tertiary/aromatic N) is 3. The van der Waals surface area contributed by atoms with Crippen molar-refractivity contribution in [3.8, 4) is 11.3 Å². The van der Waals surface area contributed by atoms with E-state index in [1.165, 1.54) is 0 Å². The van der Waals surface area contributed by atoms with Crippen molar-refractivity contribution in [1.29, 1.82) is 0 Å². The van der Waals surface area contributed by atoms with E-state index in [9.17, 15) is 0 Å². The third-order valence-corrected chi connectivity index (χ3v) is 2.59. The molecular weight excluding hydrogens is 200 g/mol. The maximum atomic E-state index is 5.84. The number of rotatable bonds is 1. The Morgan fingerprint density at radius 1 is 1.12 bits per heavy atom. The molecule has 16 heavy (non-hydrogen) atoms. The molecule has 0 atom stereocenters. The maximum absolute atomic E-state index is 5.84. The normalized spacial score (nSPS) is 10.4. The topological polar surface area (TPSA) is 64.7 Å². The molecule has 2 heterocycles. The second kappa shape index (κ2) is 3.89. The Balaban J connectivity index is 2.69. The molecule has 0 aromatic carbocycles. The number of nitrogen functional groups attached to an aromatic ring is 1. The van der Waals surface area contributed by atoms with Gasteiger partial charge in [0.1, 0.15) is 11.6 Å². The van der Waals surface area contributed by atoms with Crippen LogP contribution in [0.3, 0.4) is 0 Å². The highest BCUT2D eigenvalue weighted by Gasteiger charge is 2.10. The van der Waals surface area contributed by atoms with Crippen molar-refractivity contribution >= 4 is 5.82 Å². The summed E-state index contributed by atoms with van der Waals surface area (Å²) in [6.07, 6.45) is 3.58. The standard InChI is InChI=1S/C12H14N4/c1-7-4-5-14-6-10(7)11-8(2)12(13)16-9(3)15-11/h4-6H,1-3H3,(H2,13,15,16). The predicted octanol–water partition coefficient (Wildman–Crippen LogP) is 2.05. The van der Waals surface area contributed by atoms with Crippen LogP contribution in [-0.2, 0) is 0 Å². The van der Waals surface area contributed by atoms with E-state index >= 15 is 0 Å². The Morgan fingerprint density at radius 2 is 1.88 bits per heavy atom. The van der Waals surface area contributed by atoms with Gasteiger partial charge < -0.3 is 5.73 Å². The molecule has 0 spiro atoms. The molecule has 0 saturated carbocycles. The van der Waals surface area contributed by atoms with Gasteiger partial charge in [0.05, 0.1) is 5.69 Å². The van der Waals surface area contributed by atoms with Crippen LogP contribution in [0.25, 0.3) is 11.3 Å². The molecule has 0 amide bonds. The van der Waals surface area contributed by atoms with Crippen molar-refractivity contribution in [3.63, 3.8) is 0 Å². The highest BCUT2D eigenvalue weighted by molar-refractivity contribution is 5.69. The van der Waals surface area contributed by atoms with Gasteiger partial charge in [-0.1, -0.05) is 0 Å². The van der Waals surface area contributed by atoms with Gasteiger partial charge >= 0.3 is 0 Å². The fourth-order valence-corrected chi connectivity index (χ4v) is 1.62. The molecule has 0 unspecified atom stereocenters. The molecule has 2 rings (SSSR count). The third-order valence-electron chi connectivity index (χ3n) is 2.59. The summed E-state index contributed by atoms with van der Waals surface area (Å²) in [7, 11) is 0. The van der Waals surface area contributed by atoms with Gasteiger partial charge in [-0.3, -0.25) is 4.98 Å². The number of nitrogens with two attached hydrogens (primary N) is 1. The van der Waals surface area contributed by atoms with Gasteiger partial charge in [-0.2, -0.15) is 0 Å². The van der Waals surface area contributed by atoms with Gasteiger partial charge in [-0.05, 0) is 32.4 Å². The van der Waals surface area contributed by atoms with Gasteiger partial charge in [-0.25, -0.2) is 9.97 Å². The number of hydrogen-bond donors (Lipinski definition) is 1. The van der Waals surface area contributed by atoms with Crippen molar-refractivity contribution in [2.24, 2.45) is 0 Å². The van der Waals surface area contributed by atoms with Gasteiger partial charge in [0, 0.05) is 23.5 Å². The van der Waals surface area contributed by atoms with E-state index in [0.717, 1.165) is 22.4 Å². The zero-order valence-corrected chi connectivity index (χ0v) is 9.65. The van der Waals surface area contributed by atoms with Crippen molar-refractivity contribution in [2.75, 3.05) is 5.73 Å². The van der Waals surface area contributed by atoms with Crippen LogP contribution in [0.4, 0.5) is 5.82 Å². The Morgan fingerprint density at radius 3 is 2.56 bits per heavy atom. The predicted molar refractivity (Wildman–Crippen MR) is 63.9 cm³/mol. The summed E-state index contributed by atoms with van der Waals surface area (Å²) in [5.74, 6) is 1.21. The quantitative estimate of drug-likeness (QED) is 0.789. The first kappa shape index (κ1) is 10.5. The molecule has 82 valence electrons. The summed E-state index contributed by atoms with van der Waals surface area (Å²) in [4.78, 5) is 12.7. The minimum Gasteiger partial charge on any atom is -0.383 e. The Bertz CT molecular complexity index is 535. The first-order chi connectivity index (χ1) is 7.59. The molecule has 0 radical (unpaired) electrons. The van der Waals surface area contributed by atoms with E-state index in [1.807, 2.05) is 33.0 Å². The third kappa shape index (κ3) is 1.74. The highest BCUT2D eigenvalue weighted by Crippen LogP contribution is 2.25. The van der Waals surface area contributed by atoms with Gasteiger partial charge in [0.2, 0.25) is 0 Å². The number of anilines is 1. The Kier molecular flexibility index (Phi) is 2.56. The second-order valence-electron chi connectivity index (χ2n) is 3.82. The Hall–Kier alpha value is -1.97. The first-order valence-electron chi connectivity index (χ1n) is 5.11. The van der Waals surface area contributed by atoms with Crippen LogP contribution < -0.4 is 5.73 Å². The Labute approximate surface area is 94.6 Å². The minimum atomic E-state index is 0.533. The molecule has 0 bridgehead atoms. The molecule has 4 nitrogen and oxygen atoms in total. The van der Waals surface area contributed by atoms with Crippen molar-refractivity contribution in [1.82, 2.24) is 15.0 Å². The highest BCUT2D eigenvalue weighted by atomic mass is 14.9. The summed E-state index contributed by atoms with van der Waals surface area (Å²) in [6.45, 7) is 5.80. The molecule has 0 saturated heterocycles. The number of pyridine rings is 1. The zero-order valence-electron chi connectivity index (χ0n) is 9.65. The van der Waals surface area contributed by atoms with E-state index in [-0.39, 0.29) is 0 Å². The second-order valence-corrected chi connectivity index (χ2v) is 3.82. The molecule has 0 aliphatic rings. The molecule has 4 heteroatoms. The monoisotopic (exact) mass is 214 g/mol. The molecule has 0 aliphatic carbocycles. The lowest BCUT2D eigenvalue weighted by atomic mass is 10.0. The molecule has 2 aromatic rings.